The molecule has 0 unspecified atom stereocenters. The average Bonchev–Trinajstić information content (AvgIpc) is 3.55. The lowest BCUT2D eigenvalue weighted by atomic mass is 9.68. The maximum Gasteiger partial charge on any atom is 0.303 e. The van der Waals surface area contributed by atoms with E-state index in [2.05, 4.69) is 16.7 Å². The number of hydrogen-bond acceptors (Lipinski definition) is 7. The number of hydrogen-bond donors (Lipinski definition) is 1. The summed E-state index contributed by atoms with van der Waals surface area (Å²) in [6, 6.07) is 8.20. The van der Waals surface area contributed by atoms with E-state index in [4.69, 9.17) is 22.1 Å². The Balaban J connectivity index is 1.38. The molecule has 35 heavy (non-hydrogen) atoms. The number of imide groups is 1. The van der Waals surface area contributed by atoms with Gasteiger partial charge < -0.3 is 14.4 Å². The molecule has 2 amide bonds. The maximum atomic E-state index is 13.5. The predicted molar refractivity (Wildman–Crippen MR) is 134 cm³/mol. The second-order valence-electron chi connectivity index (χ2n) is 9.95. The number of carbonyl (C=O) groups is 3. The van der Waals surface area contributed by atoms with Crippen molar-refractivity contribution in [3.63, 3.8) is 0 Å². The molecule has 7 nitrogen and oxygen atoms in total. The van der Waals surface area contributed by atoms with Crippen molar-refractivity contribution in [2.45, 2.75) is 35.5 Å². The predicted octanol–water partition coefficient (Wildman–Crippen LogP) is 4.16. The van der Waals surface area contributed by atoms with Gasteiger partial charge in [-0.2, -0.15) is 0 Å². The molecule has 2 bridgehead atoms. The molecule has 1 saturated heterocycles. The number of amides is 2. The number of methoxy groups -OCH3 is 1. The summed E-state index contributed by atoms with van der Waals surface area (Å²) in [5.41, 5.74) is 1.19. The number of carboxylic acids is 1. The van der Waals surface area contributed by atoms with Gasteiger partial charge in [-0.25, -0.2) is 0 Å². The number of likely N-dealkylation sites (tertiary alicyclic amines) is 1. The summed E-state index contributed by atoms with van der Waals surface area (Å²) in [6.45, 7) is 0.197. The Kier molecular flexibility index (Phi) is 5.61. The van der Waals surface area contributed by atoms with Crippen molar-refractivity contribution >= 4 is 53.1 Å². The van der Waals surface area contributed by atoms with Crippen LogP contribution in [0.25, 0.3) is 0 Å². The third-order valence-corrected chi connectivity index (χ3v) is 11.8. The number of carboxylic acid groups (broad SMARTS) is 1. The molecule has 6 rings (SSSR count). The molecule has 0 radical (unpaired) electrons. The summed E-state index contributed by atoms with van der Waals surface area (Å²) in [5.74, 6) is -0.232. The number of carbonyl (C=O) groups excluding carboxylic acids is 2. The largest absolute Gasteiger partial charge is 0.497 e. The zero-order chi connectivity index (χ0) is 24.6. The molecule has 7 atom stereocenters. The van der Waals surface area contributed by atoms with Crippen LogP contribution >= 0.6 is 35.3 Å². The Bertz CT molecular complexity index is 1290. The van der Waals surface area contributed by atoms with Crippen LogP contribution in [0.4, 0.5) is 0 Å². The van der Waals surface area contributed by atoms with Crippen molar-refractivity contribution in [2.24, 2.45) is 36.6 Å². The number of benzene rings is 1. The van der Waals surface area contributed by atoms with Crippen LogP contribution < -0.4 is 4.74 Å². The Morgan fingerprint density at radius 1 is 1.17 bits per heavy atom. The summed E-state index contributed by atoms with van der Waals surface area (Å²) in [7, 11) is 3.67. The molecule has 2 aliphatic carbocycles. The van der Waals surface area contributed by atoms with Crippen LogP contribution in [-0.2, 0) is 21.4 Å². The molecule has 3 fully saturated rings. The minimum absolute atomic E-state index is 0.0417. The lowest BCUT2D eigenvalue weighted by Gasteiger charge is -2.43. The minimum Gasteiger partial charge on any atom is -0.497 e. The van der Waals surface area contributed by atoms with Gasteiger partial charge in [-0.1, -0.05) is 12.1 Å². The Morgan fingerprint density at radius 2 is 1.86 bits per heavy atom. The van der Waals surface area contributed by atoms with Crippen molar-refractivity contribution in [3.8, 4) is 5.75 Å². The minimum atomic E-state index is -0.908. The van der Waals surface area contributed by atoms with E-state index in [0.717, 1.165) is 16.1 Å². The van der Waals surface area contributed by atoms with E-state index in [-0.39, 0.29) is 65.5 Å². The quantitative estimate of drug-likeness (QED) is 0.443. The lowest BCUT2D eigenvalue weighted by molar-refractivity contribution is -0.142. The first kappa shape index (κ1) is 23.2. The summed E-state index contributed by atoms with van der Waals surface area (Å²) in [4.78, 5) is 40.4. The summed E-state index contributed by atoms with van der Waals surface area (Å²) in [6.07, 6.45) is 1.15. The molecular formula is C25H26N2O5S3. The van der Waals surface area contributed by atoms with E-state index >= 15 is 0 Å². The fourth-order valence-electron chi connectivity index (χ4n) is 7.03. The van der Waals surface area contributed by atoms with E-state index in [1.807, 2.05) is 30.9 Å². The normalized spacial score (nSPS) is 32.5. The standard InChI is InChI=1S/C25H26N2O5S3/c1-26-24-21(35-25(26)33)16(11-5-7-12(32-2)8-6-11)17-13-10-14(20(17)34-24)19-18(13)22(30)27(23(19)31)9-3-4-15(28)29/h5-8,13-14,16-20H,3-4,9-10H2,1-2H3,(H,28,29)/t13-,14+,16+,17+,18+,19+,20-/m1/s1. The van der Waals surface area contributed by atoms with Crippen LogP contribution in [0.3, 0.4) is 0 Å². The first-order valence-corrected chi connectivity index (χ1v) is 14.0. The van der Waals surface area contributed by atoms with Crippen LogP contribution in [0.1, 0.15) is 35.6 Å². The third-order valence-electron chi connectivity index (χ3n) is 8.40. The zero-order valence-corrected chi connectivity index (χ0v) is 21.8. The van der Waals surface area contributed by atoms with Crippen LogP contribution in [0.5, 0.6) is 5.75 Å². The number of aromatic nitrogens is 1. The Labute approximate surface area is 216 Å². The summed E-state index contributed by atoms with van der Waals surface area (Å²) >= 11 is 9.15. The topological polar surface area (TPSA) is 88.8 Å². The summed E-state index contributed by atoms with van der Waals surface area (Å²) < 4.78 is 8.31. The smallest absolute Gasteiger partial charge is 0.303 e. The molecule has 2 aromatic rings. The first-order valence-electron chi connectivity index (χ1n) is 11.9. The maximum absolute atomic E-state index is 13.5. The van der Waals surface area contributed by atoms with E-state index in [0.29, 0.717) is 6.42 Å². The number of fused-ring (bicyclic) bond motifs is 9. The highest BCUT2D eigenvalue weighted by molar-refractivity contribution is 8.00. The molecule has 3 heterocycles. The van der Waals surface area contributed by atoms with Crippen molar-refractivity contribution in [1.29, 1.82) is 0 Å². The number of ether oxygens (including phenoxy) is 1. The van der Waals surface area contributed by atoms with Gasteiger partial charge in [-0.3, -0.25) is 19.3 Å². The fraction of sp³-hybridized carbons (Fsp3) is 0.520. The fourth-order valence-corrected chi connectivity index (χ4v) is 10.6. The SMILES string of the molecule is COc1ccc([C@@H]2c3sc(=S)n(C)c3S[C@@H]3[C@H]4C[C@@H]([C@@H]5C(=O)N(CCCC(=O)O)C(=O)[C@@H]45)[C@@H]23)cc1. The molecule has 10 heteroatoms. The third kappa shape index (κ3) is 3.36. The highest BCUT2D eigenvalue weighted by Crippen LogP contribution is 2.69. The van der Waals surface area contributed by atoms with Crippen molar-refractivity contribution in [1.82, 2.24) is 9.47 Å². The van der Waals surface area contributed by atoms with Gasteiger partial charge in [0.05, 0.1) is 24.0 Å². The van der Waals surface area contributed by atoms with Gasteiger partial charge in [0, 0.05) is 36.1 Å². The highest BCUT2D eigenvalue weighted by Gasteiger charge is 2.69. The van der Waals surface area contributed by atoms with E-state index in [1.54, 1.807) is 18.4 Å². The van der Waals surface area contributed by atoms with Crippen molar-refractivity contribution in [3.05, 3.63) is 38.7 Å². The Morgan fingerprint density at radius 3 is 2.51 bits per heavy atom. The zero-order valence-electron chi connectivity index (χ0n) is 19.4. The van der Waals surface area contributed by atoms with Crippen LogP contribution in [0.2, 0.25) is 0 Å². The summed E-state index contributed by atoms with van der Waals surface area (Å²) in [5, 5.41) is 10.4. The molecule has 1 aromatic carbocycles. The van der Waals surface area contributed by atoms with Gasteiger partial charge in [0.2, 0.25) is 11.8 Å². The Hall–Kier alpha value is -2.17. The molecule has 2 aliphatic heterocycles. The highest BCUT2D eigenvalue weighted by atomic mass is 32.2. The van der Waals surface area contributed by atoms with Crippen molar-refractivity contribution < 1.29 is 24.2 Å². The van der Waals surface area contributed by atoms with Crippen LogP contribution in [-0.4, -0.2) is 51.3 Å². The molecule has 1 aromatic heterocycles. The molecule has 2 saturated carbocycles. The van der Waals surface area contributed by atoms with Crippen LogP contribution in [0, 0.1) is 33.5 Å². The van der Waals surface area contributed by atoms with E-state index in [9.17, 15) is 14.4 Å². The number of rotatable bonds is 6. The van der Waals surface area contributed by atoms with Gasteiger partial charge in [-0.05, 0) is 60.5 Å². The van der Waals surface area contributed by atoms with Gasteiger partial charge in [0.25, 0.3) is 0 Å². The van der Waals surface area contributed by atoms with E-state index in [1.165, 1.54) is 20.4 Å². The van der Waals surface area contributed by atoms with Crippen molar-refractivity contribution in [2.75, 3.05) is 13.7 Å². The van der Waals surface area contributed by atoms with Gasteiger partial charge >= 0.3 is 5.97 Å². The molecule has 0 spiro atoms. The van der Waals surface area contributed by atoms with Gasteiger partial charge in [0.15, 0.2) is 3.95 Å². The second-order valence-corrected chi connectivity index (χ2v) is 12.8. The number of thiazole rings is 1. The monoisotopic (exact) mass is 530 g/mol. The number of aliphatic carboxylic acids is 1. The van der Waals surface area contributed by atoms with Gasteiger partial charge in [-0.15, -0.1) is 23.1 Å². The number of nitrogens with zero attached hydrogens (tertiary/aromatic N) is 2. The molecule has 4 aliphatic rings. The van der Waals surface area contributed by atoms with Gasteiger partial charge in [0.1, 0.15) is 5.75 Å². The second kappa shape index (κ2) is 8.45. The first-order chi connectivity index (χ1) is 16.8. The average molecular weight is 531 g/mol. The lowest BCUT2D eigenvalue weighted by Crippen LogP contribution is -2.43. The molecule has 1 N–H and O–H groups in total. The van der Waals surface area contributed by atoms with Crippen LogP contribution in [0.15, 0.2) is 29.3 Å². The van der Waals surface area contributed by atoms with E-state index < -0.39 is 5.97 Å². The molecular weight excluding hydrogens is 504 g/mol. The number of thioether (sulfide) groups is 1. The molecule has 184 valence electrons.